The third-order valence-electron chi connectivity index (χ3n) is 2.73. The minimum Gasteiger partial charge on any atom is -0.399 e. The van der Waals surface area contributed by atoms with E-state index in [9.17, 15) is 4.79 Å². The van der Waals surface area contributed by atoms with Gasteiger partial charge in [0.2, 0.25) is 0 Å². The quantitative estimate of drug-likeness (QED) is 0.750. The summed E-state index contributed by atoms with van der Waals surface area (Å²) in [4.78, 5) is 12.0. The Morgan fingerprint density at radius 3 is 2.75 bits per heavy atom. The van der Waals surface area contributed by atoms with E-state index in [2.05, 4.69) is 26.6 Å². The van der Waals surface area contributed by atoms with Crippen molar-refractivity contribution in [3.63, 3.8) is 0 Å². The molecule has 0 spiro atoms. The Morgan fingerprint density at radius 2 is 2.05 bits per heavy atom. The zero-order chi connectivity index (χ0) is 14.5. The number of carbonyl (C=O) groups excluding carboxylic acids is 1. The molecular weight excluding hydrogens is 318 g/mol. The van der Waals surface area contributed by atoms with Crippen LogP contribution >= 0.6 is 15.9 Å². The lowest BCUT2D eigenvalue weighted by Gasteiger charge is -2.13. The van der Waals surface area contributed by atoms with E-state index in [4.69, 9.17) is 5.73 Å². The van der Waals surface area contributed by atoms with Crippen LogP contribution in [0.5, 0.6) is 0 Å². The zero-order valence-electron chi connectivity index (χ0n) is 11.1. The Kier molecular flexibility index (Phi) is 4.63. The summed E-state index contributed by atoms with van der Waals surface area (Å²) in [6.45, 7) is 2.47. The molecule has 0 unspecified atom stereocenters. The van der Waals surface area contributed by atoms with Crippen molar-refractivity contribution >= 4 is 38.9 Å². The average Bonchev–Trinajstić information content (AvgIpc) is 2.39. The highest BCUT2D eigenvalue weighted by atomic mass is 79.9. The largest absolute Gasteiger partial charge is 0.399 e. The summed E-state index contributed by atoms with van der Waals surface area (Å²) in [6, 6.07) is 12.9. The van der Waals surface area contributed by atoms with Crippen molar-refractivity contribution in [1.29, 1.82) is 0 Å². The number of nitrogen functional groups attached to an aromatic ring is 1. The first-order chi connectivity index (χ1) is 9.60. The van der Waals surface area contributed by atoms with Gasteiger partial charge in [0.05, 0.1) is 11.3 Å². The Hall–Kier alpha value is -2.01. The number of benzene rings is 2. The van der Waals surface area contributed by atoms with Gasteiger partial charge in [0.1, 0.15) is 0 Å². The first-order valence-corrected chi connectivity index (χ1v) is 7.09. The van der Waals surface area contributed by atoms with E-state index in [0.29, 0.717) is 23.5 Å². The SMILES string of the molecule is CCNC(=O)c1ccc(N)cc1Nc1cccc(Br)c1. The lowest BCUT2D eigenvalue weighted by atomic mass is 10.1. The highest BCUT2D eigenvalue weighted by Gasteiger charge is 2.11. The molecule has 0 bridgehead atoms. The number of hydrogen-bond donors (Lipinski definition) is 3. The number of hydrogen-bond acceptors (Lipinski definition) is 3. The molecule has 0 atom stereocenters. The minimum absolute atomic E-state index is 0.120. The molecule has 104 valence electrons. The maximum absolute atomic E-state index is 12.0. The fourth-order valence-corrected chi connectivity index (χ4v) is 2.24. The average molecular weight is 334 g/mol. The van der Waals surface area contributed by atoms with E-state index < -0.39 is 0 Å². The monoisotopic (exact) mass is 333 g/mol. The number of amides is 1. The molecule has 0 radical (unpaired) electrons. The van der Waals surface area contributed by atoms with Crippen LogP contribution in [-0.2, 0) is 0 Å². The topological polar surface area (TPSA) is 67.2 Å². The van der Waals surface area contributed by atoms with Crippen LogP contribution < -0.4 is 16.4 Å². The first-order valence-electron chi connectivity index (χ1n) is 6.30. The molecule has 1 amide bonds. The number of rotatable bonds is 4. The van der Waals surface area contributed by atoms with Crippen molar-refractivity contribution in [2.24, 2.45) is 0 Å². The van der Waals surface area contributed by atoms with E-state index >= 15 is 0 Å². The molecule has 0 aliphatic heterocycles. The molecule has 20 heavy (non-hydrogen) atoms. The van der Waals surface area contributed by atoms with Gasteiger partial charge in [0, 0.05) is 22.4 Å². The van der Waals surface area contributed by atoms with Crippen molar-refractivity contribution < 1.29 is 4.79 Å². The Balaban J connectivity index is 2.34. The molecule has 0 aliphatic rings. The van der Waals surface area contributed by atoms with Crippen LogP contribution in [0.2, 0.25) is 0 Å². The van der Waals surface area contributed by atoms with Gasteiger partial charge < -0.3 is 16.4 Å². The van der Waals surface area contributed by atoms with E-state index in [1.807, 2.05) is 31.2 Å². The smallest absolute Gasteiger partial charge is 0.253 e. The second-order valence-corrected chi connectivity index (χ2v) is 5.22. The summed E-state index contributed by atoms with van der Waals surface area (Å²) in [5.74, 6) is -0.120. The standard InChI is InChI=1S/C15H16BrN3O/c1-2-18-15(20)13-7-6-11(17)9-14(13)19-12-5-3-4-10(16)8-12/h3-9,19H,2,17H2,1H3,(H,18,20). The molecule has 0 heterocycles. The van der Waals surface area contributed by atoms with Crippen LogP contribution in [0.4, 0.5) is 17.1 Å². The summed E-state index contributed by atoms with van der Waals surface area (Å²) in [7, 11) is 0. The van der Waals surface area contributed by atoms with Crippen molar-refractivity contribution in [2.75, 3.05) is 17.6 Å². The lowest BCUT2D eigenvalue weighted by molar-refractivity contribution is 0.0956. The Morgan fingerprint density at radius 1 is 1.25 bits per heavy atom. The van der Waals surface area contributed by atoms with Gasteiger partial charge in [-0.15, -0.1) is 0 Å². The minimum atomic E-state index is -0.120. The second-order valence-electron chi connectivity index (χ2n) is 4.30. The Labute approximate surface area is 126 Å². The highest BCUT2D eigenvalue weighted by Crippen LogP contribution is 2.25. The number of carbonyl (C=O) groups is 1. The summed E-state index contributed by atoms with van der Waals surface area (Å²) >= 11 is 3.42. The molecular formula is C15H16BrN3O. The van der Waals surface area contributed by atoms with Crippen molar-refractivity contribution in [3.8, 4) is 0 Å². The van der Waals surface area contributed by atoms with Gasteiger partial charge in [0.25, 0.3) is 5.91 Å². The zero-order valence-corrected chi connectivity index (χ0v) is 12.7. The van der Waals surface area contributed by atoms with Crippen LogP contribution in [0.15, 0.2) is 46.9 Å². The molecule has 4 N–H and O–H groups in total. The molecule has 0 aromatic heterocycles. The summed E-state index contributed by atoms with van der Waals surface area (Å²) < 4.78 is 0.964. The van der Waals surface area contributed by atoms with E-state index in [1.54, 1.807) is 18.2 Å². The molecule has 2 rings (SSSR count). The molecule has 0 saturated heterocycles. The van der Waals surface area contributed by atoms with Crippen LogP contribution in [0.25, 0.3) is 0 Å². The number of nitrogens with two attached hydrogens (primary N) is 1. The number of nitrogens with one attached hydrogen (secondary N) is 2. The predicted octanol–water partition coefficient (Wildman–Crippen LogP) is 3.52. The molecule has 2 aromatic carbocycles. The normalized spacial score (nSPS) is 10.1. The molecule has 5 heteroatoms. The predicted molar refractivity (Wildman–Crippen MR) is 86.3 cm³/mol. The van der Waals surface area contributed by atoms with E-state index in [1.165, 1.54) is 0 Å². The van der Waals surface area contributed by atoms with Gasteiger partial charge in [-0.2, -0.15) is 0 Å². The van der Waals surface area contributed by atoms with Gasteiger partial charge in [-0.05, 0) is 43.3 Å². The van der Waals surface area contributed by atoms with Gasteiger partial charge in [-0.1, -0.05) is 22.0 Å². The van der Waals surface area contributed by atoms with Crippen molar-refractivity contribution in [1.82, 2.24) is 5.32 Å². The second kappa shape index (κ2) is 6.43. The number of anilines is 3. The van der Waals surface area contributed by atoms with Crippen LogP contribution in [0, 0.1) is 0 Å². The van der Waals surface area contributed by atoms with Crippen LogP contribution in [0.3, 0.4) is 0 Å². The van der Waals surface area contributed by atoms with Gasteiger partial charge in [-0.25, -0.2) is 0 Å². The third-order valence-corrected chi connectivity index (χ3v) is 3.22. The molecule has 0 aliphatic carbocycles. The van der Waals surface area contributed by atoms with Gasteiger partial charge in [-0.3, -0.25) is 4.79 Å². The summed E-state index contributed by atoms with van der Waals surface area (Å²) in [5, 5.41) is 6.01. The maximum Gasteiger partial charge on any atom is 0.253 e. The van der Waals surface area contributed by atoms with Gasteiger partial charge >= 0.3 is 0 Å². The maximum atomic E-state index is 12.0. The van der Waals surface area contributed by atoms with Crippen molar-refractivity contribution in [3.05, 3.63) is 52.5 Å². The van der Waals surface area contributed by atoms with Gasteiger partial charge in [0.15, 0.2) is 0 Å². The Bertz CT molecular complexity index is 628. The first kappa shape index (κ1) is 14.4. The fraction of sp³-hybridized carbons (Fsp3) is 0.133. The fourth-order valence-electron chi connectivity index (χ4n) is 1.84. The number of halogens is 1. The summed E-state index contributed by atoms with van der Waals surface area (Å²) in [6.07, 6.45) is 0. The van der Waals surface area contributed by atoms with E-state index in [0.717, 1.165) is 10.2 Å². The third kappa shape index (κ3) is 3.51. The van der Waals surface area contributed by atoms with Crippen molar-refractivity contribution in [2.45, 2.75) is 6.92 Å². The van der Waals surface area contributed by atoms with Crippen LogP contribution in [-0.4, -0.2) is 12.5 Å². The van der Waals surface area contributed by atoms with Crippen LogP contribution in [0.1, 0.15) is 17.3 Å². The summed E-state index contributed by atoms with van der Waals surface area (Å²) in [5.41, 5.74) is 8.56. The molecule has 0 fully saturated rings. The molecule has 2 aromatic rings. The highest BCUT2D eigenvalue weighted by molar-refractivity contribution is 9.10. The molecule has 4 nitrogen and oxygen atoms in total. The van der Waals surface area contributed by atoms with E-state index in [-0.39, 0.29) is 5.91 Å². The lowest BCUT2D eigenvalue weighted by Crippen LogP contribution is -2.23. The molecule has 0 saturated carbocycles.